The summed E-state index contributed by atoms with van der Waals surface area (Å²) in [5, 5.41) is 2.29. The molecule has 0 saturated heterocycles. The van der Waals surface area contributed by atoms with Crippen LogP contribution in [0, 0.1) is 0 Å². The van der Waals surface area contributed by atoms with E-state index in [0.717, 1.165) is 5.35 Å². The molecule has 0 saturated carbocycles. The Morgan fingerprint density at radius 1 is 1.33 bits per heavy atom. The third-order valence-corrected chi connectivity index (χ3v) is 1.97. The number of hydrogen-bond donors (Lipinski definition) is 0. The van der Waals surface area contributed by atoms with E-state index < -0.39 is 0 Å². The number of imidazole rings is 1. The van der Waals surface area contributed by atoms with Crippen LogP contribution in [-0.2, 0) is 0 Å². The van der Waals surface area contributed by atoms with Crippen LogP contribution in [0.5, 0.6) is 0 Å². The summed E-state index contributed by atoms with van der Waals surface area (Å²) in [5.74, 6) is 0. The lowest BCUT2D eigenvalue weighted by atomic mass is 10.3. The molecule has 0 aliphatic carbocycles. The van der Waals surface area contributed by atoms with E-state index in [4.69, 9.17) is 0 Å². The lowest BCUT2D eigenvalue weighted by molar-refractivity contribution is 0.585. The maximum absolute atomic E-state index is 4.30. The maximum atomic E-state index is 4.30. The first-order chi connectivity index (χ1) is 5.70. The van der Waals surface area contributed by atoms with Crippen LogP contribution in [0.4, 0.5) is 0 Å². The Kier molecular flexibility index (Phi) is 2.69. The summed E-state index contributed by atoms with van der Waals surface area (Å²) in [6.45, 7) is 8.38. The van der Waals surface area contributed by atoms with Gasteiger partial charge in [-0.2, -0.15) is 0 Å². The number of hydrogen-bond acceptors (Lipinski definition) is 1. The van der Waals surface area contributed by atoms with Gasteiger partial charge in [-0.1, -0.05) is 12.2 Å². The molecule has 1 heterocycles. The largest absolute Gasteiger partial charge is 0.328 e. The Bertz CT molecular complexity index is 358. The van der Waals surface area contributed by atoms with E-state index in [2.05, 4.69) is 29.5 Å². The van der Waals surface area contributed by atoms with E-state index in [1.807, 2.05) is 26.3 Å². The second kappa shape index (κ2) is 3.57. The normalized spacial score (nSPS) is 14.8. The van der Waals surface area contributed by atoms with Gasteiger partial charge < -0.3 is 4.57 Å². The highest BCUT2D eigenvalue weighted by atomic mass is 15.1. The van der Waals surface area contributed by atoms with Crippen molar-refractivity contribution in [1.82, 2.24) is 9.55 Å². The molecule has 0 radical (unpaired) electrons. The van der Waals surface area contributed by atoms with Gasteiger partial charge in [-0.05, 0) is 27.7 Å². The van der Waals surface area contributed by atoms with Gasteiger partial charge in [-0.15, -0.1) is 0 Å². The molecule has 66 valence electrons. The molecule has 2 nitrogen and oxygen atoms in total. The highest BCUT2D eigenvalue weighted by molar-refractivity contribution is 5.22. The summed E-state index contributed by atoms with van der Waals surface area (Å²) in [6, 6.07) is 0.484. The summed E-state index contributed by atoms with van der Waals surface area (Å²) in [4.78, 5) is 4.30. The summed E-state index contributed by atoms with van der Waals surface area (Å²) < 4.78 is 2.18. The third kappa shape index (κ3) is 1.42. The Morgan fingerprint density at radius 3 is 2.42 bits per heavy atom. The van der Waals surface area contributed by atoms with Gasteiger partial charge in [0.1, 0.15) is 0 Å². The second-order valence-corrected chi connectivity index (χ2v) is 3.09. The minimum absolute atomic E-state index is 0.484. The van der Waals surface area contributed by atoms with Crippen LogP contribution in [0.3, 0.4) is 0 Å². The molecule has 0 aliphatic rings. The summed E-state index contributed by atoms with van der Waals surface area (Å²) >= 11 is 0. The predicted octanol–water partition coefficient (Wildman–Crippen LogP) is 1.06. The van der Waals surface area contributed by atoms with Gasteiger partial charge in [0.25, 0.3) is 0 Å². The molecule has 2 heteroatoms. The van der Waals surface area contributed by atoms with Gasteiger partial charge in [0.15, 0.2) is 0 Å². The smallest absolute Gasteiger partial charge is 0.0960 e. The Hall–Kier alpha value is -1.05. The molecular formula is C10H16N2. The lowest BCUT2D eigenvalue weighted by Crippen LogP contribution is -2.30. The van der Waals surface area contributed by atoms with Gasteiger partial charge in [0, 0.05) is 6.04 Å². The molecule has 0 N–H and O–H groups in total. The minimum Gasteiger partial charge on any atom is -0.328 e. The molecule has 1 aromatic heterocycles. The predicted molar refractivity (Wildman–Crippen MR) is 52.1 cm³/mol. The zero-order valence-corrected chi connectivity index (χ0v) is 8.20. The molecule has 1 aromatic rings. The monoisotopic (exact) mass is 164 g/mol. The molecule has 0 fully saturated rings. The fourth-order valence-corrected chi connectivity index (χ4v) is 1.32. The van der Waals surface area contributed by atoms with E-state index in [1.54, 1.807) is 0 Å². The summed E-state index contributed by atoms with van der Waals surface area (Å²) in [7, 11) is 0. The van der Waals surface area contributed by atoms with E-state index in [-0.39, 0.29) is 0 Å². The van der Waals surface area contributed by atoms with Crippen molar-refractivity contribution in [3.63, 3.8) is 0 Å². The van der Waals surface area contributed by atoms with Crippen LogP contribution in [0.2, 0.25) is 0 Å². The molecule has 0 bridgehead atoms. The first kappa shape index (κ1) is 9.04. The molecule has 1 rings (SSSR count). The molecule has 12 heavy (non-hydrogen) atoms. The van der Waals surface area contributed by atoms with Crippen molar-refractivity contribution in [1.29, 1.82) is 0 Å². The first-order valence-corrected chi connectivity index (χ1v) is 4.36. The summed E-state index contributed by atoms with van der Waals surface area (Å²) in [6.07, 6.45) is 6.03. The number of aromatic nitrogens is 2. The van der Waals surface area contributed by atoms with Crippen LogP contribution in [-0.4, -0.2) is 9.55 Å². The highest BCUT2D eigenvalue weighted by Crippen LogP contribution is 1.95. The second-order valence-electron chi connectivity index (χ2n) is 3.09. The van der Waals surface area contributed by atoms with Gasteiger partial charge in [-0.25, -0.2) is 4.98 Å². The van der Waals surface area contributed by atoms with E-state index >= 15 is 0 Å². The Balaban J connectivity index is 3.46. The van der Waals surface area contributed by atoms with Gasteiger partial charge in [0.2, 0.25) is 0 Å². The van der Waals surface area contributed by atoms with Crippen LogP contribution >= 0.6 is 0 Å². The zero-order chi connectivity index (χ0) is 9.14. The van der Waals surface area contributed by atoms with E-state index in [1.165, 1.54) is 5.35 Å². The van der Waals surface area contributed by atoms with Crippen LogP contribution in [0.1, 0.15) is 33.7 Å². The van der Waals surface area contributed by atoms with Crippen molar-refractivity contribution in [3.05, 3.63) is 17.0 Å². The minimum atomic E-state index is 0.484. The first-order valence-electron chi connectivity index (χ1n) is 4.36. The lowest BCUT2D eigenvalue weighted by Gasteiger charge is -2.05. The number of nitrogens with zero attached hydrogens (tertiary/aromatic N) is 2. The third-order valence-electron chi connectivity index (χ3n) is 1.97. The average Bonchev–Trinajstić information content (AvgIpc) is 2.46. The fraction of sp³-hybridized carbons (Fsp3) is 0.500. The molecule has 0 atom stereocenters. The van der Waals surface area contributed by atoms with Gasteiger partial charge in [0.05, 0.1) is 17.0 Å². The van der Waals surface area contributed by atoms with Gasteiger partial charge >= 0.3 is 0 Å². The molecule has 0 unspecified atom stereocenters. The molecule has 0 amide bonds. The van der Waals surface area contributed by atoms with E-state index in [9.17, 15) is 0 Å². The van der Waals surface area contributed by atoms with Gasteiger partial charge in [-0.3, -0.25) is 0 Å². The van der Waals surface area contributed by atoms with E-state index in [0.29, 0.717) is 6.04 Å². The average molecular weight is 164 g/mol. The SMILES string of the molecule is C/C=c1/ncn(C(C)C)/c1=C/C. The molecule has 0 aliphatic heterocycles. The zero-order valence-electron chi connectivity index (χ0n) is 8.20. The maximum Gasteiger partial charge on any atom is 0.0960 e. The van der Waals surface area contributed by atoms with Crippen LogP contribution in [0.25, 0.3) is 12.2 Å². The van der Waals surface area contributed by atoms with Crippen molar-refractivity contribution in [3.8, 4) is 0 Å². The van der Waals surface area contributed by atoms with Crippen molar-refractivity contribution in [2.24, 2.45) is 0 Å². The van der Waals surface area contributed by atoms with Crippen LogP contribution in [0.15, 0.2) is 6.33 Å². The topological polar surface area (TPSA) is 17.8 Å². The Morgan fingerprint density at radius 2 is 2.00 bits per heavy atom. The fourth-order valence-electron chi connectivity index (χ4n) is 1.32. The molecule has 0 spiro atoms. The van der Waals surface area contributed by atoms with Crippen molar-refractivity contribution >= 4 is 12.2 Å². The summed E-state index contributed by atoms with van der Waals surface area (Å²) in [5.41, 5.74) is 0. The Labute approximate surface area is 73.2 Å². The van der Waals surface area contributed by atoms with Crippen molar-refractivity contribution in [2.75, 3.05) is 0 Å². The quantitative estimate of drug-likeness (QED) is 0.607. The van der Waals surface area contributed by atoms with Crippen molar-refractivity contribution < 1.29 is 0 Å². The van der Waals surface area contributed by atoms with Crippen LogP contribution < -0.4 is 10.7 Å². The molecular weight excluding hydrogens is 148 g/mol. The highest BCUT2D eigenvalue weighted by Gasteiger charge is 1.98. The van der Waals surface area contributed by atoms with Crippen molar-refractivity contribution in [2.45, 2.75) is 33.7 Å². The number of rotatable bonds is 1. The molecule has 0 aromatic carbocycles. The standard InChI is InChI=1S/C10H16N2/c1-5-9-10(6-2)12(7-11-9)8(3)4/h5-8H,1-4H3/b9-5+,10-6+.